The predicted molar refractivity (Wildman–Crippen MR) is 50.1 cm³/mol. The molecule has 0 heterocycles. The van der Waals surface area contributed by atoms with Crippen LogP contribution in [0.2, 0.25) is 0 Å². The SMILES string of the molecule is C1=CCCCCC=C1.CC(=O)O.[Rh]. The van der Waals surface area contributed by atoms with Gasteiger partial charge in [-0.25, -0.2) is 0 Å². The maximum atomic E-state index is 9.00. The molecule has 1 N–H and O–H groups in total. The molecule has 0 aromatic rings. The Morgan fingerprint density at radius 3 is 1.77 bits per heavy atom. The largest absolute Gasteiger partial charge is 0.481 e. The number of allylic oxidation sites excluding steroid dienone is 4. The van der Waals surface area contributed by atoms with Gasteiger partial charge in [-0.3, -0.25) is 4.79 Å². The van der Waals surface area contributed by atoms with Crippen molar-refractivity contribution in [2.24, 2.45) is 0 Å². The van der Waals surface area contributed by atoms with E-state index < -0.39 is 5.97 Å². The van der Waals surface area contributed by atoms with Crippen LogP contribution in [0.5, 0.6) is 0 Å². The van der Waals surface area contributed by atoms with E-state index >= 15 is 0 Å². The number of hydrogen-bond acceptors (Lipinski definition) is 1. The minimum atomic E-state index is -0.833. The molecular weight excluding hydrogens is 255 g/mol. The molecule has 0 bridgehead atoms. The third kappa shape index (κ3) is 18.5. The second-order valence-corrected chi connectivity index (χ2v) is 2.66. The van der Waals surface area contributed by atoms with E-state index in [2.05, 4.69) is 24.3 Å². The monoisotopic (exact) mass is 271 g/mol. The Labute approximate surface area is 92.5 Å². The summed E-state index contributed by atoms with van der Waals surface area (Å²) in [5.41, 5.74) is 0. The Morgan fingerprint density at radius 2 is 1.46 bits per heavy atom. The van der Waals surface area contributed by atoms with Gasteiger partial charge in [-0.2, -0.15) is 0 Å². The zero-order valence-corrected chi connectivity index (χ0v) is 9.47. The molecule has 2 nitrogen and oxygen atoms in total. The molecule has 0 aromatic heterocycles. The topological polar surface area (TPSA) is 37.3 Å². The van der Waals surface area contributed by atoms with Crippen molar-refractivity contribution in [1.82, 2.24) is 0 Å². The normalized spacial score (nSPS) is 14.2. The Bertz CT molecular complexity index is 156. The van der Waals surface area contributed by atoms with Gasteiger partial charge in [-0.1, -0.05) is 24.3 Å². The molecule has 0 saturated heterocycles. The van der Waals surface area contributed by atoms with E-state index in [0.717, 1.165) is 6.92 Å². The van der Waals surface area contributed by atoms with Crippen LogP contribution in [0.15, 0.2) is 24.3 Å². The zero-order chi connectivity index (χ0) is 9.23. The predicted octanol–water partition coefficient (Wildman–Crippen LogP) is 2.76. The number of aliphatic carboxylic acids is 1. The molecule has 0 aliphatic heterocycles. The average molecular weight is 271 g/mol. The molecule has 0 aromatic carbocycles. The van der Waals surface area contributed by atoms with Crippen LogP contribution in [0.3, 0.4) is 0 Å². The second kappa shape index (κ2) is 11.6. The molecular formula is C10H16O2Rh. The van der Waals surface area contributed by atoms with E-state index in [1.807, 2.05) is 0 Å². The third-order valence-corrected chi connectivity index (χ3v) is 1.37. The third-order valence-electron chi connectivity index (χ3n) is 1.37. The quantitative estimate of drug-likeness (QED) is 0.688. The van der Waals surface area contributed by atoms with Crippen molar-refractivity contribution < 1.29 is 29.4 Å². The van der Waals surface area contributed by atoms with Gasteiger partial charge in [0.05, 0.1) is 0 Å². The van der Waals surface area contributed by atoms with Crippen molar-refractivity contribution in [2.75, 3.05) is 0 Å². The van der Waals surface area contributed by atoms with Gasteiger partial charge in [0, 0.05) is 26.4 Å². The number of rotatable bonds is 0. The van der Waals surface area contributed by atoms with E-state index in [1.165, 1.54) is 25.7 Å². The van der Waals surface area contributed by atoms with Crippen LogP contribution in [0.4, 0.5) is 0 Å². The second-order valence-electron chi connectivity index (χ2n) is 2.66. The first-order valence-corrected chi connectivity index (χ1v) is 4.24. The number of carboxylic acid groups (broad SMARTS) is 1. The van der Waals surface area contributed by atoms with Gasteiger partial charge >= 0.3 is 0 Å². The summed E-state index contributed by atoms with van der Waals surface area (Å²) in [5.74, 6) is -0.833. The van der Waals surface area contributed by atoms with Crippen molar-refractivity contribution in [3.8, 4) is 0 Å². The van der Waals surface area contributed by atoms with Crippen molar-refractivity contribution in [3.05, 3.63) is 24.3 Å². The summed E-state index contributed by atoms with van der Waals surface area (Å²) >= 11 is 0. The van der Waals surface area contributed by atoms with E-state index in [-0.39, 0.29) is 19.5 Å². The van der Waals surface area contributed by atoms with E-state index in [4.69, 9.17) is 9.90 Å². The Hall–Kier alpha value is -0.427. The fourth-order valence-corrected chi connectivity index (χ4v) is 0.874. The number of carboxylic acids is 1. The smallest absolute Gasteiger partial charge is 0.300 e. The number of carbonyl (C=O) groups is 1. The minimum absolute atomic E-state index is 0. The molecule has 0 saturated carbocycles. The van der Waals surface area contributed by atoms with Gasteiger partial charge in [0.1, 0.15) is 0 Å². The first kappa shape index (κ1) is 15.1. The van der Waals surface area contributed by atoms with E-state index in [9.17, 15) is 0 Å². The maximum Gasteiger partial charge on any atom is 0.300 e. The Morgan fingerprint density at radius 1 is 1.15 bits per heavy atom. The summed E-state index contributed by atoms with van der Waals surface area (Å²) < 4.78 is 0. The first-order valence-electron chi connectivity index (χ1n) is 4.24. The summed E-state index contributed by atoms with van der Waals surface area (Å²) in [6, 6.07) is 0. The van der Waals surface area contributed by atoms with Crippen LogP contribution >= 0.6 is 0 Å². The van der Waals surface area contributed by atoms with E-state index in [0.29, 0.717) is 0 Å². The van der Waals surface area contributed by atoms with Crippen LogP contribution in [-0.4, -0.2) is 11.1 Å². The van der Waals surface area contributed by atoms with Crippen LogP contribution in [0, 0.1) is 0 Å². The summed E-state index contributed by atoms with van der Waals surface area (Å²) in [4.78, 5) is 9.00. The van der Waals surface area contributed by atoms with Gasteiger partial charge in [0.25, 0.3) is 5.97 Å². The molecule has 3 heteroatoms. The van der Waals surface area contributed by atoms with Crippen LogP contribution in [0.25, 0.3) is 0 Å². The minimum Gasteiger partial charge on any atom is -0.481 e. The summed E-state index contributed by atoms with van der Waals surface area (Å²) in [6.45, 7) is 1.08. The van der Waals surface area contributed by atoms with Crippen molar-refractivity contribution >= 4 is 5.97 Å². The van der Waals surface area contributed by atoms with Crippen LogP contribution in [-0.2, 0) is 24.3 Å². The Balaban J connectivity index is 0. The summed E-state index contributed by atoms with van der Waals surface area (Å²) in [5, 5.41) is 7.42. The fourth-order valence-electron chi connectivity index (χ4n) is 0.874. The van der Waals surface area contributed by atoms with Crippen molar-refractivity contribution in [1.29, 1.82) is 0 Å². The molecule has 0 atom stereocenters. The van der Waals surface area contributed by atoms with Crippen LogP contribution < -0.4 is 0 Å². The summed E-state index contributed by atoms with van der Waals surface area (Å²) in [7, 11) is 0. The molecule has 1 radical (unpaired) electrons. The van der Waals surface area contributed by atoms with Crippen molar-refractivity contribution in [3.63, 3.8) is 0 Å². The molecule has 13 heavy (non-hydrogen) atoms. The summed E-state index contributed by atoms with van der Waals surface area (Å²) in [6.07, 6.45) is 14.0. The van der Waals surface area contributed by atoms with Gasteiger partial charge < -0.3 is 5.11 Å². The van der Waals surface area contributed by atoms with Gasteiger partial charge in [0.2, 0.25) is 0 Å². The molecule has 1 aliphatic rings. The van der Waals surface area contributed by atoms with Gasteiger partial charge in [-0.05, 0) is 25.7 Å². The molecule has 77 valence electrons. The molecule has 1 aliphatic carbocycles. The molecule has 0 amide bonds. The molecule has 1 rings (SSSR count). The molecule has 0 unspecified atom stereocenters. The standard InChI is InChI=1S/C8H12.C2H4O2.Rh/c1-2-4-6-8-7-5-3-1;1-2(3)4;/h1-4H,5-8H2;1H3,(H,3,4);. The average Bonchev–Trinajstić information content (AvgIpc) is 1.82. The zero-order valence-electron chi connectivity index (χ0n) is 7.83. The maximum absolute atomic E-state index is 9.00. The van der Waals surface area contributed by atoms with E-state index in [1.54, 1.807) is 0 Å². The van der Waals surface area contributed by atoms with Gasteiger partial charge in [-0.15, -0.1) is 0 Å². The fraction of sp³-hybridized carbons (Fsp3) is 0.500. The van der Waals surface area contributed by atoms with Gasteiger partial charge in [0.15, 0.2) is 0 Å². The Kier molecular flexibility index (Phi) is 13.4. The number of hydrogen-bond donors (Lipinski definition) is 1. The first-order chi connectivity index (χ1) is 5.73. The molecule has 0 fully saturated rings. The van der Waals surface area contributed by atoms with Crippen LogP contribution in [0.1, 0.15) is 32.6 Å². The van der Waals surface area contributed by atoms with Crippen molar-refractivity contribution in [2.45, 2.75) is 32.6 Å². The molecule has 0 spiro atoms.